The molecule has 74 valence electrons. The SMILES string of the molecule is NC1CCN2c3ccccc3SCC12. The monoisotopic (exact) mass is 206 g/mol. The molecule has 0 amide bonds. The van der Waals surface area contributed by atoms with Crippen molar-refractivity contribution in [3.05, 3.63) is 24.3 Å². The number of nitrogens with zero attached hydrogens (tertiary/aromatic N) is 1. The summed E-state index contributed by atoms with van der Waals surface area (Å²) in [6.45, 7) is 1.13. The summed E-state index contributed by atoms with van der Waals surface area (Å²) in [6.07, 6.45) is 1.14. The fourth-order valence-corrected chi connectivity index (χ4v) is 3.67. The van der Waals surface area contributed by atoms with Crippen molar-refractivity contribution < 1.29 is 0 Å². The van der Waals surface area contributed by atoms with Crippen LogP contribution < -0.4 is 10.6 Å². The van der Waals surface area contributed by atoms with Gasteiger partial charge in [0.15, 0.2) is 0 Å². The van der Waals surface area contributed by atoms with Crippen molar-refractivity contribution in [3.8, 4) is 0 Å². The molecule has 0 aliphatic carbocycles. The third kappa shape index (κ3) is 1.16. The Hall–Kier alpha value is -0.670. The second kappa shape index (κ2) is 3.17. The molecule has 2 N–H and O–H groups in total. The standard InChI is InChI=1S/C11H14N2S/c12-8-5-6-13-9-3-1-2-4-11(9)14-7-10(8)13/h1-4,8,10H,5-7,12H2. The number of anilines is 1. The van der Waals surface area contributed by atoms with Gasteiger partial charge in [-0.3, -0.25) is 0 Å². The molecule has 2 aliphatic heterocycles. The van der Waals surface area contributed by atoms with Crippen LogP contribution in [0.3, 0.4) is 0 Å². The second-order valence-corrected chi connectivity index (χ2v) is 5.05. The van der Waals surface area contributed by atoms with Gasteiger partial charge >= 0.3 is 0 Å². The Bertz CT molecular complexity index is 353. The van der Waals surface area contributed by atoms with E-state index in [1.54, 1.807) is 0 Å². The summed E-state index contributed by atoms with van der Waals surface area (Å²) in [6, 6.07) is 9.59. The molecule has 0 bridgehead atoms. The number of hydrogen-bond donors (Lipinski definition) is 1. The molecule has 1 aromatic carbocycles. The number of rotatable bonds is 0. The first-order chi connectivity index (χ1) is 6.86. The van der Waals surface area contributed by atoms with Gasteiger partial charge in [0, 0.05) is 23.2 Å². The van der Waals surface area contributed by atoms with Crippen molar-refractivity contribution in [2.45, 2.75) is 23.4 Å². The largest absolute Gasteiger partial charge is 0.365 e. The first-order valence-electron chi connectivity index (χ1n) is 5.10. The van der Waals surface area contributed by atoms with E-state index >= 15 is 0 Å². The van der Waals surface area contributed by atoms with Crippen molar-refractivity contribution in [3.63, 3.8) is 0 Å². The van der Waals surface area contributed by atoms with Crippen molar-refractivity contribution in [1.82, 2.24) is 0 Å². The summed E-state index contributed by atoms with van der Waals surface area (Å²) >= 11 is 1.95. The predicted molar refractivity (Wildman–Crippen MR) is 60.9 cm³/mol. The van der Waals surface area contributed by atoms with E-state index < -0.39 is 0 Å². The van der Waals surface area contributed by atoms with Gasteiger partial charge in [-0.25, -0.2) is 0 Å². The first-order valence-corrected chi connectivity index (χ1v) is 6.09. The van der Waals surface area contributed by atoms with Gasteiger partial charge in [0.25, 0.3) is 0 Å². The van der Waals surface area contributed by atoms with Crippen molar-refractivity contribution in [1.29, 1.82) is 0 Å². The number of hydrogen-bond acceptors (Lipinski definition) is 3. The predicted octanol–water partition coefficient (Wildman–Crippen LogP) is 1.70. The minimum absolute atomic E-state index is 0.371. The van der Waals surface area contributed by atoms with Gasteiger partial charge in [-0.15, -0.1) is 11.8 Å². The van der Waals surface area contributed by atoms with Gasteiger partial charge in [0.05, 0.1) is 11.7 Å². The molecule has 0 spiro atoms. The highest BCUT2D eigenvalue weighted by atomic mass is 32.2. The van der Waals surface area contributed by atoms with Crippen LogP contribution in [0, 0.1) is 0 Å². The van der Waals surface area contributed by atoms with Gasteiger partial charge in [0.2, 0.25) is 0 Å². The highest BCUT2D eigenvalue weighted by Gasteiger charge is 2.35. The third-order valence-corrected chi connectivity index (χ3v) is 4.35. The highest BCUT2D eigenvalue weighted by molar-refractivity contribution is 7.99. The molecule has 0 aromatic heterocycles. The molecule has 3 rings (SSSR count). The number of thioether (sulfide) groups is 1. The van der Waals surface area contributed by atoms with Crippen LogP contribution in [0.25, 0.3) is 0 Å². The zero-order valence-corrected chi connectivity index (χ0v) is 8.83. The summed E-state index contributed by atoms with van der Waals surface area (Å²) in [4.78, 5) is 3.90. The van der Waals surface area contributed by atoms with Crippen LogP contribution in [0.15, 0.2) is 29.2 Å². The number of para-hydroxylation sites is 1. The van der Waals surface area contributed by atoms with Crippen LogP contribution >= 0.6 is 11.8 Å². The molecular formula is C11H14N2S. The van der Waals surface area contributed by atoms with Crippen molar-refractivity contribution >= 4 is 17.4 Å². The van der Waals surface area contributed by atoms with Crippen LogP contribution in [-0.4, -0.2) is 24.4 Å². The van der Waals surface area contributed by atoms with E-state index in [-0.39, 0.29) is 0 Å². The zero-order valence-electron chi connectivity index (χ0n) is 8.02. The maximum atomic E-state index is 6.09. The molecule has 14 heavy (non-hydrogen) atoms. The van der Waals surface area contributed by atoms with Crippen LogP contribution in [0.5, 0.6) is 0 Å². The van der Waals surface area contributed by atoms with Crippen LogP contribution in [0.4, 0.5) is 5.69 Å². The number of fused-ring (bicyclic) bond motifs is 3. The van der Waals surface area contributed by atoms with E-state index in [0.29, 0.717) is 12.1 Å². The highest BCUT2D eigenvalue weighted by Crippen LogP contribution is 2.40. The summed E-state index contributed by atoms with van der Waals surface area (Å²) in [5, 5.41) is 0. The first kappa shape index (κ1) is 8.62. The lowest BCUT2D eigenvalue weighted by molar-refractivity contribution is 0.626. The Morgan fingerprint density at radius 3 is 3.14 bits per heavy atom. The average Bonchev–Trinajstić information content (AvgIpc) is 2.61. The molecule has 2 unspecified atom stereocenters. The van der Waals surface area contributed by atoms with E-state index in [2.05, 4.69) is 29.2 Å². The smallest absolute Gasteiger partial charge is 0.0535 e. The molecule has 2 aliphatic rings. The molecule has 3 heteroatoms. The number of benzene rings is 1. The zero-order chi connectivity index (χ0) is 9.54. The third-order valence-electron chi connectivity index (χ3n) is 3.18. The molecule has 2 heterocycles. The lowest BCUT2D eigenvalue weighted by atomic mass is 10.1. The lowest BCUT2D eigenvalue weighted by Gasteiger charge is -2.34. The van der Waals surface area contributed by atoms with Gasteiger partial charge in [-0.2, -0.15) is 0 Å². The summed E-state index contributed by atoms with van der Waals surface area (Å²) < 4.78 is 0. The van der Waals surface area contributed by atoms with Crippen LogP contribution in [0.2, 0.25) is 0 Å². The molecule has 1 fully saturated rings. The Balaban J connectivity index is 2.03. The minimum Gasteiger partial charge on any atom is -0.365 e. The molecule has 1 aromatic rings. The molecule has 0 radical (unpaired) electrons. The van der Waals surface area contributed by atoms with E-state index in [1.807, 2.05) is 11.8 Å². The van der Waals surface area contributed by atoms with Gasteiger partial charge in [0.1, 0.15) is 0 Å². The Morgan fingerprint density at radius 1 is 1.36 bits per heavy atom. The number of nitrogens with two attached hydrogens (primary N) is 1. The van der Waals surface area contributed by atoms with E-state index in [0.717, 1.165) is 18.7 Å². The van der Waals surface area contributed by atoms with Gasteiger partial charge in [-0.05, 0) is 18.6 Å². The quantitative estimate of drug-likeness (QED) is 0.700. The van der Waals surface area contributed by atoms with E-state index in [4.69, 9.17) is 5.73 Å². The Kier molecular flexibility index (Phi) is 1.96. The molecule has 0 saturated carbocycles. The summed E-state index contributed by atoms with van der Waals surface area (Å²) in [5.41, 5.74) is 7.48. The molecule has 2 nitrogen and oxygen atoms in total. The van der Waals surface area contributed by atoms with Crippen molar-refractivity contribution in [2.75, 3.05) is 17.2 Å². The van der Waals surface area contributed by atoms with Gasteiger partial charge < -0.3 is 10.6 Å². The topological polar surface area (TPSA) is 29.3 Å². The average molecular weight is 206 g/mol. The fourth-order valence-electron chi connectivity index (χ4n) is 2.38. The Labute approximate surface area is 88.5 Å². The van der Waals surface area contributed by atoms with Crippen LogP contribution in [-0.2, 0) is 0 Å². The van der Waals surface area contributed by atoms with E-state index in [1.165, 1.54) is 10.6 Å². The molecular weight excluding hydrogens is 192 g/mol. The Morgan fingerprint density at radius 2 is 2.21 bits per heavy atom. The lowest BCUT2D eigenvalue weighted by Crippen LogP contribution is -2.43. The maximum Gasteiger partial charge on any atom is 0.0535 e. The normalized spacial score (nSPS) is 29.9. The van der Waals surface area contributed by atoms with Crippen LogP contribution in [0.1, 0.15) is 6.42 Å². The summed E-state index contributed by atoms with van der Waals surface area (Å²) in [7, 11) is 0. The maximum absolute atomic E-state index is 6.09. The minimum atomic E-state index is 0.371. The van der Waals surface area contributed by atoms with E-state index in [9.17, 15) is 0 Å². The van der Waals surface area contributed by atoms with Gasteiger partial charge in [-0.1, -0.05) is 12.1 Å². The summed E-state index contributed by atoms with van der Waals surface area (Å²) in [5.74, 6) is 1.15. The van der Waals surface area contributed by atoms with Crippen molar-refractivity contribution in [2.24, 2.45) is 5.73 Å². The second-order valence-electron chi connectivity index (χ2n) is 3.99. The fraction of sp³-hybridized carbons (Fsp3) is 0.455. The molecule has 2 atom stereocenters. The molecule has 1 saturated heterocycles.